The standard InChI is InChI=1S/C17H26N4O3.ClH/c1-17(13-2-3-13)15(23)21(16(24)19-17)10-14(22)20-6-4-11-8-18-9-12(11)5-7-20;/h11-13,18H,2-10H2,1H3,(H,19,24);1H/t11-,12+,17?;. The number of nitrogens with zero attached hydrogens (tertiary/aromatic N) is 2. The van der Waals surface area contributed by atoms with Gasteiger partial charge in [0.1, 0.15) is 12.1 Å². The minimum absolute atomic E-state index is 0. The Balaban J connectivity index is 0.00000182. The van der Waals surface area contributed by atoms with Crippen molar-refractivity contribution in [1.82, 2.24) is 20.4 Å². The van der Waals surface area contributed by atoms with Crippen molar-refractivity contribution in [2.24, 2.45) is 17.8 Å². The van der Waals surface area contributed by atoms with Gasteiger partial charge < -0.3 is 15.5 Å². The smallest absolute Gasteiger partial charge is 0.325 e. The highest BCUT2D eigenvalue weighted by Gasteiger charge is 2.56. The normalized spacial score (nSPS) is 35.1. The molecule has 0 aromatic carbocycles. The minimum Gasteiger partial charge on any atom is -0.341 e. The molecule has 3 heterocycles. The maximum atomic E-state index is 12.7. The predicted molar refractivity (Wildman–Crippen MR) is 94.3 cm³/mol. The first-order valence-corrected chi connectivity index (χ1v) is 9.11. The number of hydrogen-bond acceptors (Lipinski definition) is 4. The van der Waals surface area contributed by atoms with Crippen LogP contribution in [0.5, 0.6) is 0 Å². The van der Waals surface area contributed by atoms with E-state index in [2.05, 4.69) is 10.6 Å². The van der Waals surface area contributed by atoms with E-state index in [-0.39, 0.29) is 36.7 Å². The molecular formula is C17H27ClN4O3. The van der Waals surface area contributed by atoms with E-state index in [1.807, 2.05) is 4.90 Å². The van der Waals surface area contributed by atoms with Crippen LogP contribution in [0.1, 0.15) is 32.6 Å². The van der Waals surface area contributed by atoms with Crippen LogP contribution in [0.4, 0.5) is 4.79 Å². The quantitative estimate of drug-likeness (QED) is 0.712. The number of hydrogen-bond donors (Lipinski definition) is 2. The summed E-state index contributed by atoms with van der Waals surface area (Å²) in [6, 6.07) is -0.418. The summed E-state index contributed by atoms with van der Waals surface area (Å²) in [6.07, 6.45) is 3.94. The Kier molecular flexibility index (Phi) is 4.99. The lowest BCUT2D eigenvalue weighted by molar-refractivity contribution is -0.139. The Morgan fingerprint density at radius 3 is 2.28 bits per heavy atom. The molecule has 1 unspecified atom stereocenters. The Morgan fingerprint density at radius 1 is 1.12 bits per heavy atom. The first kappa shape index (κ1) is 18.5. The molecular weight excluding hydrogens is 344 g/mol. The summed E-state index contributed by atoms with van der Waals surface area (Å²) in [5.74, 6) is 1.18. The number of amides is 4. The molecule has 7 nitrogen and oxygen atoms in total. The first-order chi connectivity index (χ1) is 11.5. The maximum absolute atomic E-state index is 12.7. The second-order valence-electron chi connectivity index (χ2n) is 7.93. The fraction of sp³-hybridized carbons (Fsp3) is 0.824. The zero-order chi connectivity index (χ0) is 16.9. The summed E-state index contributed by atoms with van der Waals surface area (Å²) in [7, 11) is 0. The number of urea groups is 1. The van der Waals surface area contributed by atoms with Crippen molar-refractivity contribution in [3.63, 3.8) is 0 Å². The number of imide groups is 1. The van der Waals surface area contributed by atoms with Gasteiger partial charge in [-0.05, 0) is 63.5 Å². The lowest BCUT2D eigenvalue weighted by atomic mass is 9.92. The summed E-state index contributed by atoms with van der Waals surface area (Å²) in [4.78, 5) is 40.4. The first-order valence-electron chi connectivity index (χ1n) is 9.11. The van der Waals surface area contributed by atoms with E-state index < -0.39 is 11.6 Å². The molecule has 0 bridgehead atoms. The lowest BCUT2D eigenvalue weighted by Crippen LogP contribution is -2.47. The molecule has 4 aliphatic rings. The van der Waals surface area contributed by atoms with Crippen molar-refractivity contribution >= 4 is 30.3 Å². The molecule has 3 atom stereocenters. The molecule has 140 valence electrons. The molecule has 0 radical (unpaired) electrons. The van der Waals surface area contributed by atoms with Crippen LogP contribution in [0.2, 0.25) is 0 Å². The van der Waals surface area contributed by atoms with Gasteiger partial charge in [-0.25, -0.2) is 4.79 Å². The third-order valence-electron chi connectivity index (χ3n) is 6.36. The van der Waals surface area contributed by atoms with Gasteiger partial charge in [-0.1, -0.05) is 0 Å². The molecule has 4 rings (SSSR count). The fourth-order valence-electron chi connectivity index (χ4n) is 4.50. The number of halogens is 1. The largest absolute Gasteiger partial charge is 0.341 e. The van der Waals surface area contributed by atoms with Crippen molar-refractivity contribution in [2.45, 2.75) is 38.1 Å². The average Bonchev–Trinajstić information content (AvgIpc) is 3.32. The summed E-state index contributed by atoms with van der Waals surface area (Å²) in [5.41, 5.74) is -0.807. The molecule has 0 aromatic rings. The van der Waals surface area contributed by atoms with Gasteiger partial charge >= 0.3 is 6.03 Å². The van der Waals surface area contributed by atoms with Gasteiger partial charge in [-0.2, -0.15) is 0 Å². The number of nitrogens with one attached hydrogen (secondary N) is 2. The molecule has 4 fully saturated rings. The molecule has 0 aromatic heterocycles. The summed E-state index contributed by atoms with van der Waals surface area (Å²) < 4.78 is 0. The molecule has 8 heteroatoms. The van der Waals surface area contributed by atoms with Gasteiger partial charge in [-0.15, -0.1) is 12.4 Å². The Labute approximate surface area is 154 Å². The molecule has 3 saturated heterocycles. The monoisotopic (exact) mass is 370 g/mol. The highest BCUT2D eigenvalue weighted by molar-refractivity contribution is 6.09. The summed E-state index contributed by atoms with van der Waals surface area (Å²) in [5, 5.41) is 6.23. The third kappa shape index (κ3) is 3.24. The van der Waals surface area contributed by atoms with Crippen molar-refractivity contribution in [3.05, 3.63) is 0 Å². The van der Waals surface area contributed by atoms with E-state index in [0.29, 0.717) is 11.8 Å². The van der Waals surface area contributed by atoms with Crippen LogP contribution >= 0.6 is 12.4 Å². The van der Waals surface area contributed by atoms with Crippen molar-refractivity contribution in [1.29, 1.82) is 0 Å². The van der Waals surface area contributed by atoms with E-state index in [1.54, 1.807) is 6.92 Å². The summed E-state index contributed by atoms with van der Waals surface area (Å²) in [6.45, 7) is 5.20. The van der Waals surface area contributed by atoms with Gasteiger partial charge in [0.15, 0.2) is 0 Å². The molecule has 0 spiro atoms. The topological polar surface area (TPSA) is 81.8 Å². The van der Waals surface area contributed by atoms with Crippen LogP contribution in [0.25, 0.3) is 0 Å². The Hall–Kier alpha value is -1.34. The minimum atomic E-state index is -0.807. The molecule has 4 amide bonds. The van der Waals surface area contributed by atoms with Crippen molar-refractivity contribution in [2.75, 3.05) is 32.7 Å². The van der Waals surface area contributed by atoms with Gasteiger partial charge in [0, 0.05) is 13.1 Å². The van der Waals surface area contributed by atoms with Gasteiger partial charge in [0.05, 0.1) is 0 Å². The maximum Gasteiger partial charge on any atom is 0.325 e. The van der Waals surface area contributed by atoms with Crippen LogP contribution in [-0.4, -0.2) is 65.9 Å². The van der Waals surface area contributed by atoms with Gasteiger partial charge in [-0.3, -0.25) is 14.5 Å². The molecule has 25 heavy (non-hydrogen) atoms. The van der Waals surface area contributed by atoms with Crippen molar-refractivity contribution < 1.29 is 14.4 Å². The highest BCUT2D eigenvalue weighted by atomic mass is 35.5. The summed E-state index contributed by atoms with van der Waals surface area (Å²) >= 11 is 0. The molecule has 3 aliphatic heterocycles. The average molecular weight is 371 g/mol. The SMILES string of the molecule is CC1(C2CC2)NC(=O)N(CC(=O)N2CC[C@@H]3CNC[C@@H]3CC2)C1=O.Cl. The predicted octanol–water partition coefficient (Wildman–Crippen LogP) is 0.587. The molecule has 2 N–H and O–H groups in total. The van der Waals surface area contributed by atoms with Crippen LogP contribution in [0.15, 0.2) is 0 Å². The molecule has 1 saturated carbocycles. The van der Waals surface area contributed by atoms with Gasteiger partial charge in [0.25, 0.3) is 5.91 Å². The van der Waals surface area contributed by atoms with Crippen LogP contribution in [0, 0.1) is 17.8 Å². The number of carbonyl (C=O) groups excluding carboxylic acids is 3. The van der Waals surface area contributed by atoms with E-state index in [4.69, 9.17) is 0 Å². The fourth-order valence-corrected chi connectivity index (χ4v) is 4.50. The van der Waals surface area contributed by atoms with Crippen LogP contribution < -0.4 is 10.6 Å². The van der Waals surface area contributed by atoms with Crippen LogP contribution in [-0.2, 0) is 9.59 Å². The van der Waals surface area contributed by atoms with Gasteiger partial charge in [0.2, 0.25) is 5.91 Å². The number of rotatable bonds is 3. The van der Waals surface area contributed by atoms with E-state index in [0.717, 1.165) is 56.8 Å². The Morgan fingerprint density at radius 2 is 1.72 bits per heavy atom. The number of likely N-dealkylation sites (tertiary alicyclic amines) is 1. The lowest BCUT2D eigenvalue weighted by Gasteiger charge is -2.24. The Bertz CT molecular complexity index is 568. The van der Waals surface area contributed by atoms with Crippen LogP contribution in [0.3, 0.4) is 0 Å². The van der Waals surface area contributed by atoms with E-state index >= 15 is 0 Å². The number of carbonyl (C=O) groups is 3. The van der Waals surface area contributed by atoms with Crippen molar-refractivity contribution in [3.8, 4) is 0 Å². The molecule has 1 aliphatic carbocycles. The highest BCUT2D eigenvalue weighted by Crippen LogP contribution is 2.42. The second kappa shape index (κ2) is 6.76. The van der Waals surface area contributed by atoms with E-state index in [1.165, 1.54) is 0 Å². The zero-order valence-electron chi connectivity index (χ0n) is 14.6. The van der Waals surface area contributed by atoms with E-state index in [9.17, 15) is 14.4 Å². The zero-order valence-corrected chi connectivity index (χ0v) is 15.4. The second-order valence-corrected chi connectivity index (χ2v) is 7.93. The number of fused-ring (bicyclic) bond motifs is 1. The third-order valence-corrected chi connectivity index (χ3v) is 6.36.